The molecule has 4 nitrogen and oxygen atoms in total. The Morgan fingerprint density at radius 3 is 2.75 bits per heavy atom. The van der Waals surface area contributed by atoms with Gasteiger partial charge in [0.25, 0.3) is 0 Å². The molecule has 0 spiro atoms. The number of hydrogen-bond donors (Lipinski definition) is 1. The predicted octanol–water partition coefficient (Wildman–Crippen LogP) is 2.60. The molecule has 1 aromatic carbocycles. The van der Waals surface area contributed by atoms with Crippen LogP contribution in [0.3, 0.4) is 0 Å². The average molecular weight is 273 g/mol. The molecule has 0 aliphatic heterocycles. The quantitative estimate of drug-likeness (QED) is 0.880. The van der Waals surface area contributed by atoms with E-state index in [2.05, 4.69) is 25.9 Å². The van der Waals surface area contributed by atoms with Crippen molar-refractivity contribution in [2.75, 3.05) is 6.61 Å². The van der Waals surface area contributed by atoms with Crippen LogP contribution in [0.2, 0.25) is 0 Å². The maximum absolute atomic E-state index is 5.77. The number of aromatic nitrogens is 2. The summed E-state index contributed by atoms with van der Waals surface area (Å²) in [7, 11) is 0. The van der Waals surface area contributed by atoms with Crippen molar-refractivity contribution in [3.05, 3.63) is 46.8 Å². The summed E-state index contributed by atoms with van der Waals surface area (Å²) in [5, 5.41) is 4.56. The SMILES string of the molecule is CCc1c(C)nn(CCOc2cccc(CN)c2)c1C. The first-order valence-corrected chi connectivity index (χ1v) is 7.10. The molecule has 0 bridgehead atoms. The highest BCUT2D eigenvalue weighted by Gasteiger charge is 2.09. The van der Waals surface area contributed by atoms with Gasteiger partial charge in [-0.1, -0.05) is 19.1 Å². The zero-order chi connectivity index (χ0) is 14.5. The highest BCUT2D eigenvalue weighted by molar-refractivity contribution is 5.28. The minimum absolute atomic E-state index is 0.536. The van der Waals surface area contributed by atoms with Crippen molar-refractivity contribution in [1.29, 1.82) is 0 Å². The summed E-state index contributed by atoms with van der Waals surface area (Å²) in [5.41, 5.74) is 10.4. The van der Waals surface area contributed by atoms with Crippen molar-refractivity contribution in [1.82, 2.24) is 9.78 Å². The van der Waals surface area contributed by atoms with Crippen LogP contribution in [0, 0.1) is 13.8 Å². The summed E-state index contributed by atoms with van der Waals surface area (Å²) in [5.74, 6) is 0.866. The van der Waals surface area contributed by atoms with Crippen molar-refractivity contribution in [2.45, 2.75) is 40.3 Å². The van der Waals surface area contributed by atoms with Crippen molar-refractivity contribution >= 4 is 0 Å². The smallest absolute Gasteiger partial charge is 0.119 e. The van der Waals surface area contributed by atoms with E-state index in [1.807, 2.05) is 28.9 Å². The summed E-state index contributed by atoms with van der Waals surface area (Å²) in [4.78, 5) is 0. The maximum atomic E-state index is 5.77. The lowest BCUT2D eigenvalue weighted by molar-refractivity contribution is 0.289. The van der Waals surface area contributed by atoms with Crippen LogP contribution in [0.4, 0.5) is 0 Å². The number of rotatable bonds is 6. The molecule has 0 aliphatic carbocycles. The van der Waals surface area contributed by atoms with Crippen molar-refractivity contribution < 1.29 is 4.74 Å². The van der Waals surface area contributed by atoms with Gasteiger partial charge in [0.15, 0.2) is 0 Å². The minimum atomic E-state index is 0.536. The molecule has 108 valence electrons. The first kappa shape index (κ1) is 14.6. The molecule has 0 saturated heterocycles. The van der Waals surface area contributed by atoms with E-state index in [9.17, 15) is 0 Å². The van der Waals surface area contributed by atoms with E-state index in [4.69, 9.17) is 10.5 Å². The largest absolute Gasteiger partial charge is 0.492 e. The Morgan fingerprint density at radius 1 is 1.30 bits per heavy atom. The number of aryl methyl sites for hydroxylation is 1. The lowest BCUT2D eigenvalue weighted by atomic mass is 10.1. The third-order valence-electron chi connectivity index (χ3n) is 3.59. The number of nitrogens with two attached hydrogens (primary N) is 1. The number of hydrogen-bond acceptors (Lipinski definition) is 3. The van der Waals surface area contributed by atoms with E-state index in [0.29, 0.717) is 13.2 Å². The van der Waals surface area contributed by atoms with E-state index < -0.39 is 0 Å². The van der Waals surface area contributed by atoms with Crippen LogP contribution in [0.1, 0.15) is 29.4 Å². The Labute approximate surface area is 120 Å². The van der Waals surface area contributed by atoms with Crippen LogP contribution in [0.5, 0.6) is 5.75 Å². The van der Waals surface area contributed by atoms with Gasteiger partial charge < -0.3 is 10.5 Å². The van der Waals surface area contributed by atoms with Crippen LogP contribution in [-0.4, -0.2) is 16.4 Å². The van der Waals surface area contributed by atoms with Crippen LogP contribution in [0.15, 0.2) is 24.3 Å². The number of ether oxygens (including phenoxy) is 1. The highest BCUT2D eigenvalue weighted by atomic mass is 16.5. The normalized spacial score (nSPS) is 10.8. The molecule has 1 heterocycles. The standard InChI is InChI=1S/C16H23N3O/c1-4-16-12(2)18-19(13(16)3)8-9-20-15-7-5-6-14(10-15)11-17/h5-7,10H,4,8-9,11,17H2,1-3H3. The van der Waals surface area contributed by atoms with Gasteiger partial charge in [-0.25, -0.2) is 0 Å². The molecule has 0 saturated carbocycles. The molecule has 1 aromatic heterocycles. The zero-order valence-corrected chi connectivity index (χ0v) is 12.5. The van der Waals surface area contributed by atoms with Crippen molar-refractivity contribution in [3.63, 3.8) is 0 Å². The van der Waals surface area contributed by atoms with Crippen LogP contribution >= 0.6 is 0 Å². The molecule has 0 fully saturated rings. The second kappa shape index (κ2) is 6.57. The van der Waals surface area contributed by atoms with Crippen LogP contribution in [-0.2, 0) is 19.5 Å². The number of nitrogens with zero attached hydrogens (tertiary/aromatic N) is 2. The molecule has 2 N–H and O–H groups in total. The minimum Gasteiger partial charge on any atom is -0.492 e. The monoisotopic (exact) mass is 273 g/mol. The van der Waals surface area contributed by atoms with Gasteiger partial charge in [0, 0.05) is 12.2 Å². The molecule has 2 aromatic rings. The van der Waals surface area contributed by atoms with E-state index >= 15 is 0 Å². The van der Waals surface area contributed by atoms with Gasteiger partial charge in [-0.15, -0.1) is 0 Å². The fraction of sp³-hybridized carbons (Fsp3) is 0.438. The first-order chi connectivity index (χ1) is 9.65. The molecule has 0 radical (unpaired) electrons. The van der Waals surface area contributed by atoms with E-state index in [1.165, 1.54) is 11.3 Å². The second-order valence-electron chi connectivity index (χ2n) is 4.93. The van der Waals surface area contributed by atoms with Gasteiger partial charge in [0.2, 0.25) is 0 Å². The number of benzene rings is 1. The lowest BCUT2D eigenvalue weighted by Crippen LogP contribution is -2.11. The average Bonchev–Trinajstić information content (AvgIpc) is 2.73. The van der Waals surface area contributed by atoms with Gasteiger partial charge in [0.05, 0.1) is 12.2 Å². The van der Waals surface area contributed by atoms with Crippen LogP contribution in [0.25, 0.3) is 0 Å². The topological polar surface area (TPSA) is 53.1 Å². The van der Waals surface area contributed by atoms with Gasteiger partial charge in [-0.05, 0) is 43.5 Å². The van der Waals surface area contributed by atoms with Crippen molar-refractivity contribution in [3.8, 4) is 5.75 Å². The Morgan fingerprint density at radius 2 is 2.10 bits per heavy atom. The summed E-state index contributed by atoms with van der Waals surface area (Å²) >= 11 is 0. The van der Waals surface area contributed by atoms with E-state index in [1.54, 1.807) is 0 Å². The molecule has 0 unspecified atom stereocenters. The predicted molar refractivity (Wildman–Crippen MR) is 80.9 cm³/mol. The van der Waals surface area contributed by atoms with Crippen LogP contribution < -0.4 is 10.5 Å². The molecule has 0 atom stereocenters. The first-order valence-electron chi connectivity index (χ1n) is 7.10. The summed E-state index contributed by atoms with van der Waals surface area (Å²) < 4.78 is 7.80. The molecule has 0 aliphatic rings. The van der Waals surface area contributed by atoms with Crippen molar-refractivity contribution in [2.24, 2.45) is 5.73 Å². The molecular weight excluding hydrogens is 250 g/mol. The summed E-state index contributed by atoms with van der Waals surface area (Å²) in [6.45, 7) is 8.26. The molecule has 4 heteroatoms. The Kier molecular flexibility index (Phi) is 4.79. The molecular formula is C16H23N3O. The van der Waals surface area contributed by atoms with E-state index in [-0.39, 0.29) is 0 Å². The van der Waals surface area contributed by atoms with E-state index in [0.717, 1.165) is 30.0 Å². The van der Waals surface area contributed by atoms with Gasteiger partial charge in [0.1, 0.15) is 12.4 Å². The van der Waals surface area contributed by atoms with Gasteiger partial charge in [-0.3, -0.25) is 4.68 Å². The Hall–Kier alpha value is -1.81. The second-order valence-corrected chi connectivity index (χ2v) is 4.93. The Bertz CT molecular complexity index is 575. The molecule has 0 amide bonds. The highest BCUT2D eigenvalue weighted by Crippen LogP contribution is 2.15. The lowest BCUT2D eigenvalue weighted by Gasteiger charge is -2.09. The maximum Gasteiger partial charge on any atom is 0.119 e. The third kappa shape index (κ3) is 3.20. The summed E-state index contributed by atoms with van der Waals surface area (Å²) in [6, 6.07) is 7.91. The zero-order valence-electron chi connectivity index (χ0n) is 12.5. The fourth-order valence-corrected chi connectivity index (χ4v) is 2.48. The molecule has 2 rings (SSSR count). The van der Waals surface area contributed by atoms with Gasteiger partial charge in [-0.2, -0.15) is 5.10 Å². The molecule has 20 heavy (non-hydrogen) atoms. The summed E-state index contributed by atoms with van der Waals surface area (Å²) in [6.07, 6.45) is 1.02. The Balaban J connectivity index is 1.96. The fourth-order valence-electron chi connectivity index (χ4n) is 2.48. The third-order valence-corrected chi connectivity index (χ3v) is 3.59. The van der Waals surface area contributed by atoms with Gasteiger partial charge >= 0.3 is 0 Å².